The Morgan fingerprint density at radius 1 is 1.03 bits per heavy atom. The van der Waals surface area contributed by atoms with Gasteiger partial charge in [0.05, 0.1) is 0 Å². The van der Waals surface area contributed by atoms with E-state index in [-0.39, 0.29) is 28.7 Å². The third-order valence-electron chi connectivity index (χ3n) is 5.55. The van der Waals surface area contributed by atoms with Crippen LogP contribution in [0.25, 0.3) is 0 Å². The molecule has 4 rings (SSSR count). The number of benzene rings is 2. The molecule has 0 saturated carbocycles. The topological polar surface area (TPSA) is 87.2 Å². The molecule has 1 aliphatic rings. The van der Waals surface area contributed by atoms with Gasteiger partial charge in [0.25, 0.3) is 5.91 Å². The second-order valence-electron chi connectivity index (χ2n) is 7.92. The van der Waals surface area contributed by atoms with E-state index in [1.54, 1.807) is 4.90 Å². The first-order valence-electron chi connectivity index (χ1n) is 10.4. The fourth-order valence-corrected chi connectivity index (χ4v) is 4.46. The second-order valence-corrected chi connectivity index (χ2v) is 8.93. The molecule has 0 unspecified atom stereocenters. The van der Waals surface area contributed by atoms with Gasteiger partial charge < -0.3 is 15.5 Å². The summed E-state index contributed by atoms with van der Waals surface area (Å²) < 4.78 is 13.0. The number of nitrogens with one attached hydrogen (secondary N) is 2. The minimum absolute atomic E-state index is 0.0270. The minimum Gasteiger partial charge on any atom is -0.324 e. The van der Waals surface area contributed by atoms with E-state index >= 15 is 0 Å². The van der Waals surface area contributed by atoms with Crippen molar-refractivity contribution in [3.8, 4) is 0 Å². The zero-order valence-corrected chi connectivity index (χ0v) is 18.7. The number of halogens is 1. The molecule has 0 radical (unpaired) electrons. The third kappa shape index (κ3) is 5.11. The van der Waals surface area contributed by atoms with Crippen LogP contribution >= 0.6 is 11.3 Å². The van der Waals surface area contributed by atoms with E-state index in [2.05, 4.69) is 20.8 Å². The van der Waals surface area contributed by atoms with Crippen molar-refractivity contribution >= 4 is 34.6 Å². The number of likely N-dealkylation sites (tertiary alicyclic amines) is 1. The van der Waals surface area contributed by atoms with Crippen LogP contribution in [0, 0.1) is 19.7 Å². The number of rotatable bonds is 4. The van der Waals surface area contributed by atoms with Gasteiger partial charge in [-0.1, -0.05) is 17.4 Å². The molecule has 32 heavy (non-hydrogen) atoms. The first-order valence-corrected chi connectivity index (χ1v) is 11.2. The van der Waals surface area contributed by atoms with Crippen molar-refractivity contribution in [2.24, 2.45) is 0 Å². The predicted molar refractivity (Wildman–Crippen MR) is 123 cm³/mol. The van der Waals surface area contributed by atoms with E-state index in [9.17, 15) is 14.0 Å². The van der Waals surface area contributed by atoms with Gasteiger partial charge in [0, 0.05) is 30.4 Å². The number of piperidine rings is 1. The molecule has 2 aromatic carbocycles. The van der Waals surface area contributed by atoms with Crippen LogP contribution in [-0.2, 0) is 0 Å². The van der Waals surface area contributed by atoms with E-state index in [1.165, 1.54) is 41.2 Å². The standard InChI is InChI=1S/C23H24FN5O2S/c1-14-5-8-19(12-15(14)2)26-23(31)29-11-3-4-16(13-29)21-27-28-22(32-21)20(30)25-18-9-6-17(24)7-10-18/h5-10,12,16H,3-4,11,13H2,1-2H3,(H,25,30)(H,26,31)/t16-/m1/s1. The number of carbonyl (C=O) groups excluding carboxylic acids is 2. The number of carbonyl (C=O) groups is 2. The molecule has 2 heterocycles. The number of hydrogen-bond donors (Lipinski definition) is 2. The van der Waals surface area contributed by atoms with E-state index < -0.39 is 0 Å². The van der Waals surface area contributed by atoms with E-state index in [0.29, 0.717) is 18.8 Å². The summed E-state index contributed by atoms with van der Waals surface area (Å²) in [6.45, 7) is 5.24. The molecule has 1 atom stereocenters. The zero-order valence-electron chi connectivity index (χ0n) is 17.9. The molecule has 1 fully saturated rings. The highest BCUT2D eigenvalue weighted by Crippen LogP contribution is 2.30. The summed E-state index contributed by atoms with van der Waals surface area (Å²) in [6, 6.07) is 11.2. The van der Waals surface area contributed by atoms with Crippen molar-refractivity contribution in [1.29, 1.82) is 0 Å². The molecule has 3 amide bonds. The van der Waals surface area contributed by atoms with Crippen LogP contribution in [0.4, 0.5) is 20.6 Å². The molecule has 9 heteroatoms. The van der Waals surface area contributed by atoms with Gasteiger partial charge in [-0.2, -0.15) is 0 Å². The molecule has 1 aromatic heterocycles. The summed E-state index contributed by atoms with van der Waals surface area (Å²) in [5.74, 6) is -0.732. The van der Waals surface area contributed by atoms with Crippen LogP contribution < -0.4 is 10.6 Å². The number of urea groups is 1. The predicted octanol–water partition coefficient (Wildman–Crippen LogP) is 4.96. The Morgan fingerprint density at radius 3 is 2.53 bits per heavy atom. The number of aryl methyl sites for hydroxylation is 2. The Labute approximate surface area is 189 Å². The fourth-order valence-electron chi connectivity index (χ4n) is 3.59. The third-order valence-corrected chi connectivity index (χ3v) is 6.64. The lowest BCUT2D eigenvalue weighted by Gasteiger charge is -2.31. The average molecular weight is 454 g/mol. The molecule has 1 saturated heterocycles. The fraction of sp³-hybridized carbons (Fsp3) is 0.304. The monoisotopic (exact) mass is 453 g/mol. The Kier molecular flexibility index (Phi) is 6.45. The van der Waals surface area contributed by atoms with Crippen LogP contribution in [0.1, 0.15) is 44.7 Å². The first kappa shape index (κ1) is 21.9. The summed E-state index contributed by atoms with van der Waals surface area (Å²) >= 11 is 1.22. The van der Waals surface area contributed by atoms with Gasteiger partial charge in [0.2, 0.25) is 5.01 Å². The van der Waals surface area contributed by atoms with Gasteiger partial charge in [-0.15, -0.1) is 10.2 Å². The van der Waals surface area contributed by atoms with Gasteiger partial charge in [0.15, 0.2) is 0 Å². The summed E-state index contributed by atoms with van der Waals surface area (Å²) in [4.78, 5) is 27.0. The lowest BCUT2D eigenvalue weighted by Crippen LogP contribution is -2.41. The van der Waals surface area contributed by atoms with E-state index in [1.807, 2.05) is 32.0 Å². The molecular formula is C23H24FN5O2S. The molecule has 3 aromatic rings. The van der Waals surface area contributed by atoms with Gasteiger partial charge >= 0.3 is 6.03 Å². The molecule has 1 aliphatic heterocycles. The highest BCUT2D eigenvalue weighted by Gasteiger charge is 2.28. The van der Waals surface area contributed by atoms with Crippen LogP contribution in [-0.4, -0.2) is 40.1 Å². The summed E-state index contributed by atoms with van der Waals surface area (Å²) in [6.07, 6.45) is 1.73. The molecule has 7 nitrogen and oxygen atoms in total. The average Bonchev–Trinajstić information content (AvgIpc) is 3.28. The van der Waals surface area contributed by atoms with Crippen LogP contribution in [0.15, 0.2) is 42.5 Å². The summed E-state index contributed by atoms with van der Waals surface area (Å²) in [5.41, 5.74) is 3.56. The largest absolute Gasteiger partial charge is 0.324 e. The SMILES string of the molecule is Cc1ccc(NC(=O)N2CCC[C@@H](c3nnc(C(=O)Nc4ccc(F)cc4)s3)C2)cc1C. The van der Waals surface area contributed by atoms with Gasteiger partial charge in [0.1, 0.15) is 10.8 Å². The van der Waals surface area contributed by atoms with Crippen molar-refractivity contribution in [2.45, 2.75) is 32.6 Å². The highest BCUT2D eigenvalue weighted by atomic mass is 32.1. The zero-order chi connectivity index (χ0) is 22.7. The van der Waals surface area contributed by atoms with Gasteiger partial charge in [-0.05, 0) is 74.2 Å². The maximum atomic E-state index is 13.0. The summed E-state index contributed by atoms with van der Waals surface area (Å²) in [5, 5.41) is 14.9. The van der Waals surface area contributed by atoms with Crippen molar-refractivity contribution in [1.82, 2.24) is 15.1 Å². The molecular weight excluding hydrogens is 429 g/mol. The minimum atomic E-state index is -0.388. The van der Waals surface area contributed by atoms with Crippen molar-refractivity contribution in [3.63, 3.8) is 0 Å². The lowest BCUT2D eigenvalue weighted by molar-refractivity contribution is 0.102. The van der Waals surface area contributed by atoms with E-state index in [4.69, 9.17) is 0 Å². The van der Waals surface area contributed by atoms with Gasteiger partial charge in [-0.25, -0.2) is 9.18 Å². The van der Waals surface area contributed by atoms with Crippen molar-refractivity contribution in [2.75, 3.05) is 23.7 Å². The Morgan fingerprint density at radius 2 is 1.78 bits per heavy atom. The molecule has 0 bridgehead atoms. The maximum absolute atomic E-state index is 13.0. The lowest BCUT2D eigenvalue weighted by atomic mass is 9.99. The Balaban J connectivity index is 1.38. The number of nitrogens with zero attached hydrogens (tertiary/aromatic N) is 3. The highest BCUT2D eigenvalue weighted by molar-refractivity contribution is 7.13. The number of aromatic nitrogens is 2. The second kappa shape index (κ2) is 9.44. The quantitative estimate of drug-likeness (QED) is 0.585. The number of anilines is 2. The van der Waals surface area contributed by atoms with Crippen LogP contribution in [0.3, 0.4) is 0 Å². The molecule has 166 valence electrons. The number of amides is 3. The van der Waals surface area contributed by atoms with Crippen LogP contribution in [0.5, 0.6) is 0 Å². The Hall–Kier alpha value is -3.33. The molecule has 0 aliphatic carbocycles. The van der Waals surface area contributed by atoms with Gasteiger partial charge in [-0.3, -0.25) is 4.79 Å². The normalized spacial score (nSPS) is 16.0. The Bertz CT molecular complexity index is 1130. The van der Waals surface area contributed by atoms with Crippen molar-refractivity contribution in [3.05, 3.63) is 69.4 Å². The molecule has 0 spiro atoms. The number of hydrogen-bond acceptors (Lipinski definition) is 5. The van der Waals surface area contributed by atoms with Crippen molar-refractivity contribution < 1.29 is 14.0 Å². The maximum Gasteiger partial charge on any atom is 0.321 e. The summed E-state index contributed by atoms with van der Waals surface area (Å²) in [7, 11) is 0. The van der Waals surface area contributed by atoms with E-state index in [0.717, 1.165) is 29.1 Å². The smallest absolute Gasteiger partial charge is 0.321 e. The molecule has 2 N–H and O–H groups in total. The van der Waals surface area contributed by atoms with Crippen LogP contribution in [0.2, 0.25) is 0 Å². The first-order chi connectivity index (χ1) is 15.4.